The quantitative estimate of drug-likeness (QED) is 0.844. The smallest absolute Gasteiger partial charge is 0.131 e. The van der Waals surface area contributed by atoms with E-state index in [9.17, 15) is 8.78 Å². The lowest BCUT2D eigenvalue weighted by atomic mass is 10.1. The number of nitrogens with zero attached hydrogens (tertiary/aromatic N) is 2. The number of hydrogen-bond acceptors (Lipinski definition) is 2. The summed E-state index contributed by atoms with van der Waals surface area (Å²) in [5.74, 6) is -1.10. The second-order valence-electron chi connectivity index (χ2n) is 5.12. The molecule has 1 N–H and O–H groups in total. The Balaban J connectivity index is 2.08. The molecule has 2 aromatic rings. The summed E-state index contributed by atoms with van der Waals surface area (Å²) in [6.45, 7) is 5.50. The molecule has 0 bridgehead atoms. The molecule has 1 atom stereocenters. The highest BCUT2D eigenvalue weighted by Gasteiger charge is 2.11. The van der Waals surface area contributed by atoms with E-state index >= 15 is 0 Å². The van der Waals surface area contributed by atoms with E-state index < -0.39 is 11.6 Å². The van der Waals surface area contributed by atoms with Crippen LogP contribution in [0.2, 0.25) is 0 Å². The fourth-order valence-electron chi connectivity index (χ4n) is 2.29. The SMILES string of the molecule is CCCNC(CC)c1cnn(Cc2ccc(F)cc2F)c1. The van der Waals surface area contributed by atoms with E-state index in [1.807, 2.05) is 6.20 Å². The first-order valence-corrected chi connectivity index (χ1v) is 7.33. The third-order valence-electron chi connectivity index (χ3n) is 3.45. The van der Waals surface area contributed by atoms with Gasteiger partial charge >= 0.3 is 0 Å². The van der Waals surface area contributed by atoms with Crippen LogP contribution in [0.4, 0.5) is 8.78 Å². The van der Waals surface area contributed by atoms with Gasteiger partial charge in [-0.15, -0.1) is 0 Å². The topological polar surface area (TPSA) is 29.9 Å². The van der Waals surface area contributed by atoms with Crippen LogP contribution in [0.25, 0.3) is 0 Å². The molecule has 0 saturated heterocycles. The minimum absolute atomic E-state index is 0.261. The number of rotatable bonds is 7. The molecule has 0 spiro atoms. The van der Waals surface area contributed by atoms with Crippen LogP contribution in [0.3, 0.4) is 0 Å². The molecule has 0 radical (unpaired) electrons. The van der Waals surface area contributed by atoms with Crippen LogP contribution >= 0.6 is 0 Å². The molecule has 0 aliphatic carbocycles. The molecule has 0 aliphatic rings. The summed E-state index contributed by atoms with van der Waals surface area (Å²) >= 11 is 0. The lowest BCUT2D eigenvalue weighted by Crippen LogP contribution is -2.21. The molecule has 0 aliphatic heterocycles. The van der Waals surface area contributed by atoms with E-state index in [0.29, 0.717) is 12.1 Å². The fraction of sp³-hybridized carbons (Fsp3) is 0.438. The predicted molar refractivity (Wildman–Crippen MR) is 79.0 cm³/mol. The van der Waals surface area contributed by atoms with Crippen molar-refractivity contribution in [1.29, 1.82) is 0 Å². The molecule has 1 aromatic carbocycles. The molecule has 0 saturated carbocycles. The number of benzene rings is 1. The number of aromatic nitrogens is 2. The van der Waals surface area contributed by atoms with Crippen molar-refractivity contribution >= 4 is 0 Å². The Hall–Kier alpha value is -1.75. The molecule has 0 fully saturated rings. The van der Waals surface area contributed by atoms with Gasteiger partial charge in [-0.05, 0) is 25.5 Å². The Labute approximate surface area is 124 Å². The molecule has 2 rings (SSSR count). The third kappa shape index (κ3) is 4.11. The summed E-state index contributed by atoms with van der Waals surface area (Å²) < 4.78 is 28.2. The average Bonchev–Trinajstić information content (AvgIpc) is 2.91. The molecular formula is C16H21F2N3. The normalized spacial score (nSPS) is 12.6. The molecule has 21 heavy (non-hydrogen) atoms. The Morgan fingerprint density at radius 3 is 2.76 bits per heavy atom. The summed E-state index contributed by atoms with van der Waals surface area (Å²) in [6.07, 6.45) is 5.76. The zero-order valence-electron chi connectivity index (χ0n) is 12.4. The lowest BCUT2D eigenvalue weighted by Gasteiger charge is -2.14. The lowest BCUT2D eigenvalue weighted by molar-refractivity contribution is 0.517. The molecule has 1 aromatic heterocycles. The summed E-state index contributed by atoms with van der Waals surface area (Å²) in [7, 11) is 0. The van der Waals surface area contributed by atoms with Crippen molar-refractivity contribution in [2.75, 3.05) is 6.54 Å². The van der Waals surface area contributed by atoms with Crippen LogP contribution < -0.4 is 5.32 Å². The number of halogens is 2. The fourth-order valence-corrected chi connectivity index (χ4v) is 2.29. The minimum Gasteiger partial charge on any atom is -0.310 e. The van der Waals surface area contributed by atoms with Gasteiger partial charge in [-0.2, -0.15) is 5.10 Å². The van der Waals surface area contributed by atoms with Crippen molar-refractivity contribution in [3.63, 3.8) is 0 Å². The van der Waals surface area contributed by atoms with Crippen LogP contribution in [-0.2, 0) is 6.54 Å². The third-order valence-corrected chi connectivity index (χ3v) is 3.45. The molecule has 1 heterocycles. The van der Waals surface area contributed by atoms with Crippen LogP contribution in [0.5, 0.6) is 0 Å². The van der Waals surface area contributed by atoms with Gasteiger partial charge < -0.3 is 5.32 Å². The van der Waals surface area contributed by atoms with Crippen molar-refractivity contribution in [3.8, 4) is 0 Å². The minimum atomic E-state index is -0.563. The summed E-state index contributed by atoms with van der Waals surface area (Å²) in [6, 6.07) is 3.88. The number of nitrogens with one attached hydrogen (secondary N) is 1. The second kappa shape index (κ2) is 7.31. The van der Waals surface area contributed by atoms with Gasteiger partial charge in [0.15, 0.2) is 0 Å². The monoisotopic (exact) mass is 293 g/mol. The van der Waals surface area contributed by atoms with E-state index in [1.54, 1.807) is 10.9 Å². The molecule has 0 amide bonds. The van der Waals surface area contributed by atoms with Crippen molar-refractivity contribution in [2.45, 2.75) is 39.3 Å². The van der Waals surface area contributed by atoms with Gasteiger partial charge in [0, 0.05) is 29.4 Å². The van der Waals surface area contributed by atoms with E-state index in [4.69, 9.17) is 0 Å². The van der Waals surface area contributed by atoms with Crippen molar-refractivity contribution in [1.82, 2.24) is 15.1 Å². The van der Waals surface area contributed by atoms with Crippen LogP contribution in [0.1, 0.15) is 43.9 Å². The largest absolute Gasteiger partial charge is 0.310 e. The molecule has 5 heteroatoms. The molecule has 1 unspecified atom stereocenters. The van der Waals surface area contributed by atoms with Gasteiger partial charge in [0.05, 0.1) is 12.7 Å². The van der Waals surface area contributed by atoms with Gasteiger partial charge in [0.25, 0.3) is 0 Å². The number of hydrogen-bond donors (Lipinski definition) is 1. The first-order valence-electron chi connectivity index (χ1n) is 7.33. The van der Waals surface area contributed by atoms with Crippen molar-refractivity contribution in [3.05, 3.63) is 53.4 Å². The van der Waals surface area contributed by atoms with Crippen molar-refractivity contribution in [2.24, 2.45) is 0 Å². The van der Waals surface area contributed by atoms with Gasteiger partial charge in [0.1, 0.15) is 11.6 Å². The standard InChI is InChI=1S/C16H21F2N3/c1-3-7-19-16(4-2)13-9-20-21(11-13)10-12-5-6-14(17)8-15(12)18/h5-6,8-9,11,16,19H,3-4,7,10H2,1-2H3. The first-order chi connectivity index (χ1) is 10.1. The zero-order valence-corrected chi connectivity index (χ0v) is 12.4. The summed E-state index contributed by atoms with van der Waals surface area (Å²) in [5, 5.41) is 7.72. The maximum absolute atomic E-state index is 13.6. The Kier molecular flexibility index (Phi) is 5.44. The van der Waals surface area contributed by atoms with Gasteiger partial charge in [-0.3, -0.25) is 4.68 Å². The molecule has 114 valence electrons. The van der Waals surface area contributed by atoms with Crippen LogP contribution in [0, 0.1) is 11.6 Å². The van der Waals surface area contributed by atoms with E-state index in [1.165, 1.54) is 12.1 Å². The van der Waals surface area contributed by atoms with Gasteiger partial charge in [-0.25, -0.2) is 8.78 Å². The average molecular weight is 293 g/mol. The van der Waals surface area contributed by atoms with E-state index in [0.717, 1.165) is 31.0 Å². The van der Waals surface area contributed by atoms with Crippen LogP contribution in [-0.4, -0.2) is 16.3 Å². The van der Waals surface area contributed by atoms with Gasteiger partial charge in [0.2, 0.25) is 0 Å². The summed E-state index contributed by atoms with van der Waals surface area (Å²) in [5.41, 5.74) is 1.52. The highest BCUT2D eigenvalue weighted by molar-refractivity contribution is 5.19. The van der Waals surface area contributed by atoms with E-state index in [2.05, 4.69) is 24.3 Å². The summed E-state index contributed by atoms with van der Waals surface area (Å²) in [4.78, 5) is 0. The van der Waals surface area contributed by atoms with Gasteiger partial charge in [-0.1, -0.05) is 19.9 Å². The van der Waals surface area contributed by atoms with Crippen molar-refractivity contribution < 1.29 is 8.78 Å². The highest BCUT2D eigenvalue weighted by Crippen LogP contribution is 2.17. The maximum atomic E-state index is 13.6. The van der Waals surface area contributed by atoms with E-state index in [-0.39, 0.29) is 6.04 Å². The second-order valence-corrected chi connectivity index (χ2v) is 5.12. The highest BCUT2D eigenvalue weighted by atomic mass is 19.1. The molecular weight excluding hydrogens is 272 g/mol. The van der Waals surface area contributed by atoms with Crippen LogP contribution in [0.15, 0.2) is 30.6 Å². The first kappa shape index (κ1) is 15.6. The Bertz CT molecular complexity index is 581. The molecule has 3 nitrogen and oxygen atoms in total. The predicted octanol–water partition coefficient (Wildman–Crippen LogP) is 3.66. The Morgan fingerprint density at radius 2 is 2.10 bits per heavy atom. The maximum Gasteiger partial charge on any atom is 0.131 e. The zero-order chi connectivity index (χ0) is 15.2. The Morgan fingerprint density at radius 1 is 1.29 bits per heavy atom.